The Kier molecular flexibility index (Phi) is 6.71. The molecule has 2 aliphatic rings. The fourth-order valence-corrected chi connectivity index (χ4v) is 5.77. The normalized spacial score (nSPS) is 21.3. The molecule has 2 fully saturated rings. The van der Waals surface area contributed by atoms with Gasteiger partial charge in [-0.3, -0.25) is 4.79 Å². The Morgan fingerprint density at radius 1 is 1.03 bits per heavy atom. The summed E-state index contributed by atoms with van der Waals surface area (Å²) in [5.74, 6) is 0. The second kappa shape index (κ2) is 9.82. The number of amides is 2. The van der Waals surface area contributed by atoms with E-state index in [1.54, 1.807) is 19.9 Å². The molecule has 6 heteroatoms. The van der Waals surface area contributed by atoms with Gasteiger partial charge in [0.2, 0.25) is 0 Å². The maximum atomic E-state index is 13.6. The Morgan fingerprint density at radius 2 is 1.73 bits per heavy atom. The van der Waals surface area contributed by atoms with Crippen LogP contribution in [0.3, 0.4) is 0 Å². The first-order chi connectivity index (χ1) is 17.7. The minimum atomic E-state index is -0.931. The standard InChI is InChI=1S/C31H37N3O3/c1-22(23-10-12-24(13-11-23)25-16-19-34(27-14-15-27)28(35)20-25)33-18-7-17-31(32-29(33)36,21-30(2,3)37)26-8-5-4-6-9-26/h4-6,8-13,16,19-20,22,27,37H,7,14-15,17-18,21H2,1-3H3,(H,32,36)/t22-,31-/m0/s1. The molecular weight excluding hydrogens is 462 g/mol. The molecule has 37 heavy (non-hydrogen) atoms. The largest absolute Gasteiger partial charge is 0.390 e. The Hall–Kier alpha value is -3.38. The number of rotatable bonds is 7. The van der Waals surface area contributed by atoms with Gasteiger partial charge >= 0.3 is 6.03 Å². The van der Waals surface area contributed by atoms with Crippen LogP contribution >= 0.6 is 0 Å². The van der Waals surface area contributed by atoms with Gasteiger partial charge in [0, 0.05) is 31.3 Å². The highest BCUT2D eigenvalue weighted by Crippen LogP contribution is 2.38. The number of hydrogen-bond donors (Lipinski definition) is 2. The molecule has 194 valence electrons. The van der Waals surface area contributed by atoms with Gasteiger partial charge in [-0.2, -0.15) is 0 Å². The Balaban J connectivity index is 1.35. The number of carbonyl (C=O) groups is 1. The van der Waals surface area contributed by atoms with Gasteiger partial charge < -0.3 is 19.9 Å². The Labute approximate surface area is 218 Å². The van der Waals surface area contributed by atoms with E-state index < -0.39 is 11.1 Å². The number of nitrogens with zero attached hydrogens (tertiary/aromatic N) is 2. The zero-order chi connectivity index (χ0) is 26.2. The first-order valence-corrected chi connectivity index (χ1v) is 13.3. The van der Waals surface area contributed by atoms with Gasteiger partial charge in [-0.05, 0) is 74.8 Å². The van der Waals surface area contributed by atoms with Crippen LogP contribution in [0.2, 0.25) is 0 Å². The average Bonchev–Trinajstić information content (AvgIpc) is 3.72. The summed E-state index contributed by atoms with van der Waals surface area (Å²) in [7, 11) is 0. The van der Waals surface area contributed by atoms with Gasteiger partial charge in [0.25, 0.3) is 5.56 Å². The molecule has 3 aromatic rings. The van der Waals surface area contributed by atoms with Crippen molar-refractivity contribution in [3.63, 3.8) is 0 Å². The smallest absolute Gasteiger partial charge is 0.318 e. The van der Waals surface area contributed by atoms with Crippen molar-refractivity contribution in [2.24, 2.45) is 0 Å². The first-order valence-electron chi connectivity index (χ1n) is 13.3. The average molecular weight is 500 g/mol. The molecule has 2 atom stereocenters. The van der Waals surface area contributed by atoms with E-state index in [1.165, 1.54) is 0 Å². The van der Waals surface area contributed by atoms with Gasteiger partial charge in [0.05, 0.1) is 17.2 Å². The van der Waals surface area contributed by atoms with Crippen LogP contribution in [0.4, 0.5) is 4.79 Å². The molecule has 1 saturated carbocycles. The van der Waals surface area contributed by atoms with Crippen LogP contribution < -0.4 is 10.9 Å². The third kappa shape index (κ3) is 5.49. The zero-order valence-electron chi connectivity index (χ0n) is 22.0. The third-order valence-electron chi connectivity index (χ3n) is 7.75. The molecule has 2 heterocycles. The van der Waals surface area contributed by atoms with Crippen molar-refractivity contribution in [1.29, 1.82) is 0 Å². The highest BCUT2D eigenvalue weighted by atomic mass is 16.3. The van der Waals surface area contributed by atoms with Gasteiger partial charge in [0.15, 0.2) is 0 Å². The van der Waals surface area contributed by atoms with Crippen LogP contribution in [-0.2, 0) is 5.54 Å². The summed E-state index contributed by atoms with van der Waals surface area (Å²) >= 11 is 0. The molecule has 0 radical (unpaired) electrons. The van der Waals surface area contributed by atoms with Crippen molar-refractivity contribution < 1.29 is 9.90 Å². The van der Waals surface area contributed by atoms with Gasteiger partial charge in [-0.1, -0.05) is 54.6 Å². The monoisotopic (exact) mass is 499 g/mol. The summed E-state index contributed by atoms with van der Waals surface area (Å²) in [5.41, 5.74) is 2.45. The van der Waals surface area contributed by atoms with Gasteiger partial charge in [0.1, 0.15) is 0 Å². The Bertz CT molecular complexity index is 1310. The second-order valence-electron chi connectivity index (χ2n) is 11.4. The first kappa shape index (κ1) is 25.3. The second-order valence-corrected chi connectivity index (χ2v) is 11.4. The lowest BCUT2D eigenvalue weighted by molar-refractivity contribution is 0.0357. The molecule has 0 unspecified atom stereocenters. The number of urea groups is 1. The molecule has 2 aromatic carbocycles. The molecule has 0 bridgehead atoms. The SMILES string of the molecule is C[C@@H](c1ccc(-c2ccn(C3CC3)c(=O)c2)cc1)N1CCC[C@](CC(C)(C)O)(c2ccccc2)NC1=O. The summed E-state index contributed by atoms with van der Waals surface area (Å²) in [6.45, 7) is 6.28. The van der Waals surface area contributed by atoms with Crippen LogP contribution in [0.15, 0.2) is 77.7 Å². The molecule has 2 amide bonds. The van der Waals surface area contributed by atoms with Crippen LogP contribution in [-0.4, -0.2) is 32.8 Å². The van der Waals surface area contributed by atoms with Crippen LogP contribution in [0.1, 0.15) is 76.1 Å². The van der Waals surface area contributed by atoms with E-state index in [-0.39, 0.29) is 17.6 Å². The van der Waals surface area contributed by atoms with E-state index in [4.69, 9.17) is 0 Å². The van der Waals surface area contributed by atoms with E-state index in [0.29, 0.717) is 19.0 Å². The van der Waals surface area contributed by atoms with E-state index in [2.05, 4.69) is 12.2 Å². The minimum absolute atomic E-state index is 0.0478. The summed E-state index contributed by atoms with van der Waals surface area (Å²) in [4.78, 5) is 28.0. The quantitative estimate of drug-likeness (QED) is 0.433. The lowest BCUT2D eigenvalue weighted by Gasteiger charge is -2.39. The maximum absolute atomic E-state index is 13.6. The van der Waals surface area contributed by atoms with Crippen molar-refractivity contribution in [3.05, 3.63) is 94.4 Å². The number of aliphatic hydroxyl groups is 1. The van der Waals surface area contributed by atoms with Crippen LogP contribution in [0.25, 0.3) is 11.1 Å². The number of pyridine rings is 1. The van der Waals surface area contributed by atoms with Gasteiger partial charge in [-0.15, -0.1) is 0 Å². The summed E-state index contributed by atoms with van der Waals surface area (Å²) in [6.07, 6.45) is 6.08. The zero-order valence-corrected chi connectivity index (χ0v) is 22.0. The van der Waals surface area contributed by atoms with Crippen LogP contribution in [0, 0.1) is 0 Å². The molecular formula is C31H37N3O3. The molecule has 1 aromatic heterocycles. The predicted molar refractivity (Wildman–Crippen MR) is 146 cm³/mol. The molecule has 0 spiro atoms. The van der Waals surface area contributed by atoms with Crippen LogP contribution in [0.5, 0.6) is 0 Å². The number of nitrogens with one attached hydrogen (secondary N) is 1. The molecule has 5 rings (SSSR count). The van der Waals surface area contributed by atoms with E-state index in [0.717, 1.165) is 47.9 Å². The van der Waals surface area contributed by atoms with Gasteiger partial charge in [-0.25, -0.2) is 4.79 Å². The third-order valence-corrected chi connectivity index (χ3v) is 7.75. The lowest BCUT2D eigenvalue weighted by atomic mass is 9.77. The van der Waals surface area contributed by atoms with Crippen molar-refractivity contribution in [2.45, 2.75) is 76.1 Å². The lowest BCUT2D eigenvalue weighted by Crippen LogP contribution is -2.52. The number of carbonyl (C=O) groups excluding carboxylic acids is 1. The molecule has 1 aliphatic heterocycles. The number of hydrogen-bond acceptors (Lipinski definition) is 3. The van der Waals surface area contributed by atoms with Crippen molar-refractivity contribution >= 4 is 6.03 Å². The molecule has 1 aliphatic carbocycles. The number of aromatic nitrogens is 1. The fraction of sp³-hybridized carbons (Fsp3) is 0.419. The number of benzene rings is 2. The fourth-order valence-electron chi connectivity index (χ4n) is 5.77. The van der Waals surface area contributed by atoms with E-state index in [9.17, 15) is 14.7 Å². The summed E-state index contributed by atoms with van der Waals surface area (Å²) in [5, 5.41) is 14.0. The van der Waals surface area contributed by atoms with E-state index in [1.807, 2.05) is 76.3 Å². The molecule has 2 N–H and O–H groups in total. The summed E-state index contributed by atoms with van der Waals surface area (Å²) in [6, 6.07) is 22.0. The predicted octanol–water partition coefficient (Wildman–Crippen LogP) is 5.77. The van der Waals surface area contributed by atoms with Crippen molar-refractivity contribution in [3.8, 4) is 11.1 Å². The highest BCUT2D eigenvalue weighted by molar-refractivity contribution is 5.76. The maximum Gasteiger partial charge on any atom is 0.318 e. The molecule has 1 saturated heterocycles. The molecule has 6 nitrogen and oxygen atoms in total. The van der Waals surface area contributed by atoms with Crippen molar-refractivity contribution in [1.82, 2.24) is 14.8 Å². The van der Waals surface area contributed by atoms with E-state index >= 15 is 0 Å². The minimum Gasteiger partial charge on any atom is -0.390 e. The highest BCUT2D eigenvalue weighted by Gasteiger charge is 2.42. The Morgan fingerprint density at radius 3 is 2.35 bits per heavy atom. The van der Waals surface area contributed by atoms with Crippen molar-refractivity contribution in [2.75, 3.05) is 6.54 Å². The summed E-state index contributed by atoms with van der Waals surface area (Å²) < 4.78 is 1.82. The topological polar surface area (TPSA) is 74.6 Å².